The SMILES string of the molecule is O=S(=O)(c1ccccc1)N1CCO[C@@H](c2nccnc2-c2cccc(C(F)(F)F)c2)C1. The van der Waals surface area contributed by atoms with Crippen molar-refractivity contribution < 1.29 is 26.3 Å². The highest BCUT2D eigenvalue weighted by Crippen LogP contribution is 2.34. The first-order valence-corrected chi connectivity index (χ1v) is 10.9. The Hall–Kier alpha value is -2.82. The van der Waals surface area contributed by atoms with Gasteiger partial charge in [0.05, 0.1) is 28.5 Å². The summed E-state index contributed by atoms with van der Waals surface area (Å²) in [5.74, 6) is 0. The Balaban J connectivity index is 1.67. The van der Waals surface area contributed by atoms with Gasteiger partial charge in [0, 0.05) is 31.0 Å². The third-order valence-electron chi connectivity index (χ3n) is 4.91. The van der Waals surface area contributed by atoms with E-state index in [4.69, 9.17) is 4.74 Å². The minimum Gasteiger partial charge on any atom is -0.369 e. The molecular weight excluding hydrogens is 431 g/mol. The van der Waals surface area contributed by atoms with Crippen LogP contribution in [0.4, 0.5) is 13.2 Å². The lowest BCUT2D eigenvalue weighted by atomic mass is 10.0. The molecule has 1 saturated heterocycles. The standard InChI is InChI=1S/C21H18F3N3O3S/c22-21(23,24)16-6-4-5-15(13-16)19-20(26-10-9-25-19)18-14-27(11-12-30-18)31(28,29)17-7-2-1-3-8-17/h1-10,13,18H,11-12,14H2/t18-/m1/s1. The molecule has 1 atom stereocenters. The summed E-state index contributed by atoms with van der Waals surface area (Å²) in [6.45, 7) is 0.254. The lowest BCUT2D eigenvalue weighted by Crippen LogP contribution is -2.42. The molecule has 0 bridgehead atoms. The predicted octanol–water partition coefficient (Wildman–Crippen LogP) is 3.92. The number of benzene rings is 2. The van der Waals surface area contributed by atoms with Gasteiger partial charge in [0.25, 0.3) is 0 Å². The average molecular weight is 449 g/mol. The van der Waals surface area contributed by atoms with Crippen LogP contribution in [0.15, 0.2) is 71.9 Å². The van der Waals surface area contributed by atoms with Gasteiger partial charge in [0.1, 0.15) is 6.10 Å². The Morgan fingerprint density at radius 1 is 1.00 bits per heavy atom. The molecule has 4 rings (SSSR count). The van der Waals surface area contributed by atoms with Crippen molar-refractivity contribution >= 4 is 10.0 Å². The van der Waals surface area contributed by atoms with Crippen LogP contribution in [0.1, 0.15) is 17.4 Å². The normalized spacial score (nSPS) is 18.1. The number of ether oxygens (including phenoxy) is 1. The van der Waals surface area contributed by atoms with Gasteiger partial charge in [-0.15, -0.1) is 0 Å². The molecule has 1 aliphatic heterocycles. The van der Waals surface area contributed by atoms with Crippen molar-refractivity contribution in [2.45, 2.75) is 17.2 Å². The second-order valence-electron chi connectivity index (χ2n) is 6.90. The van der Waals surface area contributed by atoms with E-state index < -0.39 is 27.9 Å². The molecule has 1 fully saturated rings. The molecule has 6 nitrogen and oxygen atoms in total. The van der Waals surface area contributed by atoms with Gasteiger partial charge in [0.15, 0.2) is 0 Å². The van der Waals surface area contributed by atoms with E-state index in [1.54, 1.807) is 18.2 Å². The highest BCUT2D eigenvalue weighted by Gasteiger charge is 2.34. The van der Waals surface area contributed by atoms with Gasteiger partial charge < -0.3 is 4.74 Å². The van der Waals surface area contributed by atoms with E-state index in [0.29, 0.717) is 0 Å². The van der Waals surface area contributed by atoms with Gasteiger partial charge in [-0.2, -0.15) is 17.5 Å². The second kappa shape index (κ2) is 8.37. The van der Waals surface area contributed by atoms with E-state index in [9.17, 15) is 21.6 Å². The summed E-state index contributed by atoms with van der Waals surface area (Å²) in [6.07, 6.45) is -2.49. The van der Waals surface area contributed by atoms with Crippen molar-refractivity contribution in [2.75, 3.05) is 19.7 Å². The van der Waals surface area contributed by atoms with Gasteiger partial charge in [0.2, 0.25) is 10.0 Å². The lowest BCUT2D eigenvalue weighted by Gasteiger charge is -2.32. The number of halogens is 3. The Morgan fingerprint density at radius 2 is 1.74 bits per heavy atom. The maximum atomic E-state index is 13.1. The first-order chi connectivity index (χ1) is 14.8. The summed E-state index contributed by atoms with van der Waals surface area (Å²) in [6, 6.07) is 12.8. The molecule has 0 amide bonds. The van der Waals surface area contributed by atoms with Gasteiger partial charge >= 0.3 is 6.18 Å². The van der Waals surface area contributed by atoms with Crippen LogP contribution in [0.5, 0.6) is 0 Å². The third-order valence-corrected chi connectivity index (χ3v) is 6.78. The molecule has 1 aliphatic rings. The first kappa shape index (κ1) is 21.4. The Bertz CT molecular complexity index is 1170. The zero-order chi connectivity index (χ0) is 22.1. The van der Waals surface area contributed by atoms with Crippen molar-refractivity contribution in [3.05, 3.63) is 78.2 Å². The van der Waals surface area contributed by atoms with E-state index in [2.05, 4.69) is 9.97 Å². The van der Waals surface area contributed by atoms with Gasteiger partial charge in [-0.3, -0.25) is 9.97 Å². The quantitative estimate of drug-likeness (QED) is 0.604. The van der Waals surface area contributed by atoms with E-state index in [1.807, 2.05) is 0 Å². The number of rotatable bonds is 4. The summed E-state index contributed by atoms with van der Waals surface area (Å²) in [7, 11) is -3.75. The molecular formula is C21H18F3N3O3S. The summed E-state index contributed by atoms with van der Waals surface area (Å²) in [4.78, 5) is 8.64. The molecule has 0 aliphatic carbocycles. The minimum absolute atomic E-state index is 0.0259. The second-order valence-corrected chi connectivity index (χ2v) is 8.84. The van der Waals surface area contributed by atoms with Crippen LogP contribution in [0.2, 0.25) is 0 Å². The van der Waals surface area contributed by atoms with E-state index in [-0.39, 0.29) is 41.5 Å². The summed E-state index contributed by atoms with van der Waals surface area (Å²) in [5, 5.41) is 0. The molecule has 162 valence electrons. The number of sulfonamides is 1. The largest absolute Gasteiger partial charge is 0.416 e. The van der Waals surface area contributed by atoms with E-state index >= 15 is 0 Å². The van der Waals surface area contributed by atoms with Crippen LogP contribution in [-0.4, -0.2) is 42.4 Å². The number of aromatic nitrogens is 2. The van der Waals surface area contributed by atoms with E-state index in [1.165, 1.54) is 41.0 Å². The monoisotopic (exact) mass is 449 g/mol. The number of alkyl halides is 3. The molecule has 0 saturated carbocycles. The molecule has 2 aromatic carbocycles. The molecule has 2 heterocycles. The summed E-state index contributed by atoms with van der Waals surface area (Å²) >= 11 is 0. The fourth-order valence-electron chi connectivity index (χ4n) is 3.40. The molecule has 0 unspecified atom stereocenters. The van der Waals surface area contributed by atoms with Crippen molar-refractivity contribution in [2.24, 2.45) is 0 Å². The van der Waals surface area contributed by atoms with Crippen LogP contribution in [0, 0.1) is 0 Å². The first-order valence-electron chi connectivity index (χ1n) is 9.42. The third kappa shape index (κ3) is 4.46. The highest BCUT2D eigenvalue weighted by molar-refractivity contribution is 7.89. The van der Waals surface area contributed by atoms with Crippen LogP contribution in [-0.2, 0) is 20.9 Å². The fraction of sp³-hybridized carbons (Fsp3) is 0.238. The van der Waals surface area contributed by atoms with Gasteiger partial charge in [-0.1, -0.05) is 30.3 Å². The van der Waals surface area contributed by atoms with Crippen molar-refractivity contribution in [1.82, 2.24) is 14.3 Å². The van der Waals surface area contributed by atoms with Crippen molar-refractivity contribution in [3.8, 4) is 11.3 Å². The fourth-order valence-corrected chi connectivity index (χ4v) is 4.85. The number of nitrogens with zero attached hydrogens (tertiary/aromatic N) is 3. The number of morpholine rings is 1. The maximum Gasteiger partial charge on any atom is 0.416 e. The lowest BCUT2D eigenvalue weighted by molar-refractivity contribution is -0.137. The van der Waals surface area contributed by atoms with Crippen LogP contribution < -0.4 is 0 Å². The van der Waals surface area contributed by atoms with Crippen LogP contribution in [0.3, 0.4) is 0 Å². The van der Waals surface area contributed by atoms with Crippen molar-refractivity contribution in [3.63, 3.8) is 0 Å². The topological polar surface area (TPSA) is 72.4 Å². The molecule has 0 radical (unpaired) electrons. The maximum absolute atomic E-state index is 13.1. The Labute approximate surface area is 177 Å². The smallest absolute Gasteiger partial charge is 0.369 e. The summed E-state index contributed by atoms with van der Waals surface area (Å²) < 4.78 is 72.5. The average Bonchev–Trinajstić information content (AvgIpc) is 2.79. The van der Waals surface area contributed by atoms with E-state index in [0.717, 1.165) is 12.1 Å². The Kier molecular flexibility index (Phi) is 5.78. The summed E-state index contributed by atoms with van der Waals surface area (Å²) in [5.41, 5.74) is -0.0728. The molecule has 10 heteroatoms. The zero-order valence-electron chi connectivity index (χ0n) is 16.2. The van der Waals surface area contributed by atoms with Crippen LogP contribution in [0.25, 0.3) is 11.3 Å². The predicted molar refractivity (Wildman–Crippen MR) is 106 cm³/mol. The molecule has 31 heavy (non-hydrogen) atoms. The molecule has 0 spiro atoms. The van der Waals surface area contributed by atoms with Crippen LogP contribution >= 0.6 is 0 Å². The molecule has 0 N–H and O–H groups in total. The molecule has 3 aromatic rings. The Morgan fingerprint density at radius 3 is 2.48 bits per heavy atom. The zero-order valence-corrected chi connectivity index (χ0v) is 17.0. The van der Waals surface area contributed by atoms with Crippen molar-refractivity contribution in [1.29, 1.82) is 0 Å². The number of hydrogen-bond donors (Lipinski definition) is 0. The van der Waals surface area contributed by atoms with Gasteiger partial charge in [-0.25, -0.2) is 8.42 Å². The molecule has 1 aromatic heterocycles. The number of hydrogen-bond acceptors (Lipinski definition) is 5. The highest BCUT2D eigenvalue weighted by atomic mass is 32.2. The van der Waals surface area contributed by atoms with Gasteiger partial charge in [-0.05, 0) is 24.3 Å². The minimum atomic E-state index is -4.50.